The first-order chi connectivity index (χ1) is 15.7. The molecule has 3 aromatic carbocycles. The van der Waals surface area contributed by atoms with Gasteiger partial charge in [-0.2, -0.15) is 5.06 Å². The van der Waals surface area contributed by atoms with Crippen molar-refractivity contribution in [3.8, 4) is 0 Å². The largest absolute Gasteiger partial charge is 0.375 e. The average Bonchev–Trinajstić information content (AvgIpc) is 3.07. The summed E-state index contributed by atoms with van der Waals surface area (Å²) in [6, 6.07) is 29.6. The van der Waals surface area contributed by atoms with Crippen molar-refractivity contribution in [1.29, 1.82) is 0 Å². The van der Waals surface area contributed by atoms with Crippen molar-refractivity contribution in [2.24, 2.45) is 0 Å². The molecule has 1 aliphatic heterocycles. The van der Waals surface area contributed by atoms with Gasteiger partial charge < -0.3 is 19.4 Å². The van der Waals surface area contributed by atoms with Gasteiger partial charge in [-0.1, -0.05) is 91.0 Å². The van der Waals surface area contributed by atoms with E-state index in [1.807, 2.05) is 97.9 Å². The van der Waals surface area contributed by atoms with E-state index in [2.05, 4.69) is 0 Å². The lowest BCUT2D eigenvalue weighted by atomic mass is 10.1. The van der Waals surface area contributed by atoms with E-state index >= 15 is 0 Å². The van der Waals surface area contributed by atoms with Crippen LogP contribution in [0.15, 0.2) is 91.0 Å². The van der Waals surface area contributed by atoms with Crippen molar-refractivity contribution in [3.05, 3.63) is 108 Å². The smallest absolute Gasteiger partial charge is 0.106 e. The molecule has 3 aromatic rings. The third-order valence-electron chi connectivity index (χ3n) is 5.91. The van der Waals surface area contributed by atoms with E-state index in [1.54, 1.807) is 0 Å². The Kier molecular flexibility index (Phi) is 8.04. The van der Waals surface area contributed by atoms with Gasteiger partial charge >= 0.3 is 0 Å². The molecule has 0 aliphatic carbocycles. The summed E-state index contributed by atoms with van der Waals surface area (Å²) in [6.45, 7) is 3.71. The van der Waals surface area contributed by atoms with Crippen molar-refractivity contribution in [1.82, 2.24) is 5.06 Å². The summed E-state index contributed by atoms with van der Waals surface area (Å²) in [4.78, 5) is 0. The third-order valence-corrected chi connectivity index (χ3v) is 5.91. The van der Waals surface area contributed by atoms with Gasteiger partial charge in [0.25, 0.3) is 0 Å². The lowest BCUT2D eigenvalue weighted by molar-refractivity contribution is -0.162. The van der Waals surface area contributed by atoms with Gasteiger partial charge in [-0.3, -0.25) is 0 Å². The highest BCUT2D eigenvalue weighted by atomic mass is 16.6. The van der Waals surface area contributed by atoms with Gasteiger partial charge in [-0.25, -0.2) is 0 Å². The van der Waals surface area contributed by atoms with Crippen LogP contribution in [0.4, 0.5) is 0 Å². The lowest BCUT2D eigenvalue weighted by Crippen LogP contribution is -2.40. The van der Waals surface area contributed by atoms with Crippen LogP contribution in [0.2, 0.25) is 0 Å². The Labute approximate surface area is 190 Å². The van der Waals surface area contributed by atoms with Crippen LogP contribution < -0.4 is 0 Å². The second-order valence-electron chi connectivity index (χ2n) is 8.21. The standard InChI is InChI=1S/C27H31NO4/c1-21-26(31-18-23-13-7-3-8-14-23)27(32-19-24-15-9-4-10-16-24)25(28(21)29)20-30-17-22-11-5-2-6-12-22/h2-16,21,25-27,29H,17-20H2,1H3/t21-,25-,26-,27-/m1/s1. The van der Waals surface area contributed by atoms with Crippen LogP contribution in [0.25, 0.3) is 0 Å². The molecule has 0 amide bonds. The number of hydrogen-bond donors (Lipinski definition) is 1. The van der Waals surface area contributed by atoms with Gasteiger partial charge in [0.15, 0.2) is 0 Å². The first-order valence-electron chi connectivity index (χ1n) is 11.1. The van der Waals surface area contributed by atoms with E-state index in [4.69, 9.17) is 14.2 Å². The Balaban J connectivity index is 1.44. The molecule has 0 radical (unpaired) electrons. The third kappa shape index (κ3) is 5.82. The number of ether oxygens (including phenoxy) is 3. The molecule has 1 N–H and O–H groups in total. The zero-order chi connectivity index (χ0) is 22.2. The van der Waals surface area contributed by atoms with Crippen molar-refractivity contribution in [2.45, 2.75) is 51.0 Å². The van der Waals surface area contributed by atoms with E-state index < -0.39 is 0 Å². The lowest BCUT2D eigenvalue weighted by Gasteiger charge is -2.26. The molecule has 1 saturated heterocycles. The van der Waals surface area contributed by atoms with Gasteiger partial charge in [-0.05, 0) is 23.6 Å². The Morgan fingerprint density at radius 1 is 0.656 bits per heavy atom. The van der Waals surface area contributed by atoms with Crippen molar-refractivity contribution < 1.29 is 19.4 Å². The first-order valence-corrected chi connectivity index (χ1v) is 11.1. The highest BCUT2D eigenvalue weighted by molar-refractivity contribution is 5.15. The van der Waals surface area contributed by atoms with E-state index in [0.717, 1.165) is 16.7 Å². The number of benzene rings is 3. The fourth-order valence-electron chi connectivity index (χ4n) is 4.11. The van der Waals surface area contributed by atoms with E-state index in [1.165, 1.54) is 5.06 Å². The molecule has 0 bridgehead atoms. The molecule has 4 atom stereocenters. The number of hydrogen-bond acceptors (Lipinski definition) is 5. The molecule has 32 heavy (non-hydrogen) atoms. The van der Waals surface area contributed by atoms with Crippen molar-refractivity contribution in [2.75, 3.05) is 6.61 Å². The molecule has 1 heterocycles. The second kappa shape index (κ2) is 11.4. The Hall–Kier alpha value is -2.54. The molecule has 0 unspecified atom stereocenters. The predicted molar refractivity (Wildman–Crippen MR) is 123 cm³/mol. The maximum atomic E-state index is 10.9. The minimum atomic E-state index is -0.324. The monoisotopic (exact) mass is 433 g/mol. The minimum Gasteiger partial charge on any atom is -0.375 e. The summed E-state index contributed by atoms with van der Waals surface area (Å²) >= 11 is 0. The minimum absolute atomic E-state index is 0.218. The summed E-state index contributed by atoms with van der Waals surface area (Å²) in [6.07, 6.45) is -0.607. The Bertz CT molecular complexity index is 922. The molecule has 4 rings (SSSR count). The molecule has 1 aliphatic rings. The quantitative estimate of drug-likeness (QED) is 0.496. The zero-order valence-electron chi connectivity index (χ0n) is 18.4. The predicted octanol–water partition coefficient (Wildman–Crippen LogP) is 4.84. The first kappa shape index (κ1) is 22.6. The summed E-state index contributed by atoms with van der Waals surface area (Å²) in [5.41, 5.74) is 3.28. The molecule has 1 fully saturated rings. The molecule has 0 saturated carbocycles. The van der Waals surface area contributed by atoms with Crippen LogP contribution in [-0.2, 0) is 34.0 Å². The van der Waals surface area contributed by atoms with E-state index in [-0.39, 0.29) is 24.3 Å². The highest BCUT2D eigenvalue weighted by Gasteiger charge is 2.48. The molecule has 5 heteroatoms. The number of nitrogens with zero attached hydrogens (tertiary/aromatic N) is 1. The fraction of sp³-hybridized carbons (Fsp3) is 0.333. The molecular formula is C27H31NO4. The molecular weight excluding hydrogens is 402 g/mol. The molecule has 168 valence electrons. The summed E-state index contributed by atoms with van der Waals surface area (Å²) in [5.74, 6) is 0. The van der Waals surface area contributed by atoms with Gasteiger partial charge in [0.05, 0.1) is 38.5 Å². The van der Waals surface area contributed by atoms with Crippen molar-refractivity contribution in [3.63, 3.8) is 0 Å². The van der Waals surface area contributed by atoms with Crippen LogP contribution in [0.3, 0.4) is 0 Å². The molecule has 0 aromatic heterocycles. The SMILES string of the molecule is C[C@@H]1[C@@H](OCc2ccccc2)[C@H](OCc2ccccc2)[C@@H](COCc2ccccc2)N1O. The van der Waals surface area contributed by atoms with Gasteiger partial charge in [0.2, 0.25) is 0 Å². The van der Waals surface area contributed by atoms with Crippen LogP contribution in [0.1, 0.15) is 23.6 Å². The van der Waals surface area contributed by atoms with Crippen molar-refractivity contribution >= 4 is 0 Å². The Morgan fingerprint density at radius 3 is 1.59 bits per heavy atom. The second-order valence-corrected chi connectivity index (χ2v) is 8.21. The normalized spacial score (nSPS) is 23.4. The molecule has 0 spiro atoms. The van der Waals surface area contributed by atoms with E-state index in [9.17, 15) is 5.21 Å². The maximum absolute atomic E-state index is 10.9. The van der Waals surface area contributed by atoms with Gasteiger partial charge in [-0.15, -0.1) is 0 Å². The summed E-state index contributed by atoms with van der Waals surface area (Å²) in [7, 11) is 0. The average molecular weight is 434 g/mol. The number of rotatable bonds is 10. The van der Waals surface area contributed by atoms with Crippen LogP contribution in [0.5, 0.6) is 0 Å². The van der Waals surface area contributed by atoms with Crippen LogP contribution in [-0.4, -0.2) is 41.2 Å². The molecule has 5 nitrogen and oxygen atoms in total. The number of hydroxylamine groups is 2. The van der Waals surface area contributed by atoms with Crippen LogP contribution >= 0.6 is 0 Å². The zero-order valence-corrected chi connectivity index (χ0v) is 18.4. The Morgan fingerprint density at radius 2 is 1.09 bits per heavy atom. The van der Waals surface area contributed by atoms with Crippen LogP contribution in [0, 0.1) is 0 Å². The van der Waals surface area contributed by atoms with E-state index in [0.29, 0.717) is 26.4 Å². The topological polar surface area (TPSA) is 51.2 Å². The summed E-state index contributed by atoms with van der Waals surface area (Å²) < 4.78 is 18.6. The fourth-order valence-corrected chi connectivity index (χ4v) is 4.11. The van der Waals surface area contributed by atoms with Gasteiger partial charge in [0.1, 0.15) is 12.2 Å². The maximum Gasteiger partial charge on any atom is 0.106 e. The van der Waals surface area contributed by atoms with Gasteiger partial charge in [0, 0.05) is 0 Å². The summed E-state index contributed by atoms with van der Waals surface area (Å²) in [5, 5.41) is 12.2. The highest BCUT2D eigenvalue weighted by Crippen LogP contribution is 2.30.